The summed E-state index contributed by atoms with van der Waals surface area (Å²) in [6, 6.07) is 23.9. The van der Waals surface area contributed by atoms with Gasteiger partial charge in [-0.15, -0.1) is 17.9 Å². The summed E-state index contributed by atoms with van der Waals surface area (Å²) in [4.78, 5) is 32.3. The van der Waals surface area contributed by atoms with Gasteiger partial charge in [-0.3, -0.25) is 9.59 Å². The quantitative estimate of drug-likeness (QED) is 0.317. The molecule has 176 valence electrons. The Hall–Kier alpha value is -3.70. The molecule has 3 aromatic carbocycles. The monoisotopic (exact) mass is 480 g/mol. The van der Waals surface area contributed by atoms with Crippen LogP contribution < -0.4 is 0 Å². The molecule has 0 saturated carbocycles. The number of amides is 2. The minimum atomic E-state index is -0.157. The highest BCUT2D eigenvalue weighted by Gasteiger charge is 2.34. The molecular formula is C30H28N2O2S. The molecule has 0 spiro atoms. The molecule has 1 aromatic heterocycles. The van der Waals surface area contributed by atoms with Crippen molar-refractivity contribution in [1.29, 1.82) is 0 Å². The molecule has 0 radical (unpaired) electrons. The van der Waals surface area contributed by atoms with E-state index in [-0.39, 0.29) is 24.4 Å². The molecule has 0 fully saturated rings. The van der Waals surface area contributed by atoms with Gasteiger partial charge in [-0.1, -0.05) is 72.3 Å². The minimum Gasteiger partial charge on any atom is -0.330 e. The van der Waals surface area contributed by atoms with Gasteiger partial charge in [0, 0.05) is 23.5 Å². The van der Waals surface area contributed by atoms with Crippen LogP contribution in [0.3, 0.4) is 0 Å². The average molecular weight is 481 g/mol. The van der Waals surface area contributed by atoms with Crippen LogP contribution in [0.4, 0.5) is 0 Å². The molecule has 1 atom stereocenters. The maximum absolute atomic E-state index is 13.8. The Balaban J connectivity index is 1.45. The molecule has 0 aliphatic carbocycles. The fraction of sp³-hybridized carbons (Fsp3) is 0.200. The maximum atomic E-state index is 13.8. The smallest absolute Gasteiger partial charge is 0.255 e. The van der Waals surface area contributed by atoms with E-state index in [0.29, 0.717) is 18.7 Å². The second-order valence-electron chi connectivity index (χ2n) is 8.95. The lowest BCUT2D eigenvalue weighted by Crippen LogP contribution is -2.46. The lowest BCUT2D eigenvalue weighted by molar-refractivity contribution is -0.133. The summed E-state index contributed by atoms with van der Waals surface area (Å²) in [5, 5.41) is 4.00. The van der Waals surface area contributed by atoms with E-state index < -0.39 is 0 Å². The number of hydrogen-bond acceptors (Lipinski definition) is 3. The fourth-order valence-corrected chi connectivity index (χ4v) is 5.81. The van der Waals surface area contributed by atoms with E-state index in [1.807, 2.05) is 47.4 Å². The highest BCUT2D eigenvalue weighted by Crippen LogP contribution is 2.38. The van der Waals surface area contributed by atoms with Crippen molar-refractivity contribution in [2.45, 2.75) is 19.4 Å². The molecule has 1 aliphatic heterocycles. The summed E-state index contributed by atoms with van der Waals surface area (Å²) >= 11 is 1.75. The number of nitrogens with zero attached hydrogens (tertiary/aromatic N) is 2. The average Bonchev–Trinajstić information content (AvgIpc) is 3.37. The van der Waals surface area contributed by atoms with E-state index in [4.69, 9.17) is 0 Å². The first-order valence-corrected chi connectivity index (χ1v) is 12.7. The number of hydrogen-bond donors (Lipinski definition) is 0. The predicted molar refractivity (Wildman–Crippen MR) is 143 cm³/mol. The van der Waals surface area contributed by atoms with Crippen LogP contribution in [0.1, 0.15) is 38.0 Å². The van der Waals surface area contributed by atoms with Crippen molar-refractivity contribution in [2.75, 3.05) is 19.6 Å². The second-order valence-corrected chi connectivity index (χ2v) is 9.95. The number of fused-ring (bicyclic) bond motifs is 2. The van der Waals surface area contributed by atoms with Gasteiger partial charge in [0.25, 0.3) is 5.91 Å². The standard InChI is InChI=1S/C30H28N2O2S/c1-3-17-31(30(34)25-10-6-8-22-7-4-5-9-24(22)25)20-28(33)32-18-15-27-26(16-19-35-27)29(32)23-13-11-21(2)12-14-23/h3-14,16,19,29H,1,15,17-18,20H2,2H3. The summed E-state index contributed by atoms with van der Waals surface area (Å²) in [6.45, 7) is 6.85. The Kier molecular flexibility index (Phi) is 6.51. The van der Waals surface area contributed by atoms with Crippen molar-refractivity contribution in [1.82, 2.24) is 9.80 Å². The zero-order valence-corrected chi connectivity index (χ0v) is 20.6. The molecular weight excluding hydrogens is 452 g/mol. The van der Waals surface area contributed by atoms with Crippen LogP contribution in [0.2, 0.25) is 0 Å². The Morgan fingerprint density at radius 2 is 1.83 bits per heavy atom. The molecule has 0 saturated heterocycles. The summed E-state index contributed by atoms with van der Waals surface area (Å²) in [6.07, 6.45) is 2.51. The summed E-state index contributed by atoms with van der Waals surface area (Å²) in [7, 11) is 0. The number of benzene rings is 3. The maximum Gasteiger partial charge on any atom is 0.255 e. The summed E-state index contributed by atoms with van der Waals surface area (Å²) in [5.74, 6) is -0.210. The molecule has 4 aromatic rings. The third-order valence-corrected chi connectivity index (χ3v) is 7.66. The van der Waals surface area contributed by atoms with Crippen LogP contribution in [-0.4, -0.2) is 41.2 Å². The number of rotatable bonds is 6. The van der Waals surface area contributed by atoms with Gasteiger partial charge in [0.2, 0.25) is 5.91 Å². The first-order chi connectivity index (χ1) is 17.1. The van der Waals surface area contributed by atoms with Gasteiger partial charge in [-0.25, -0.2) is 0 Å². The number of thiophene rings is 1. The molecule has 5 rings (SSSR count). The van der Waals surface area contributed by atoms with Crippen LogP contribution in [-0.2, 0) is 11.2 Å². The van der Waals surface area contributed by atoms with Crippen molar-refractivity contribution in [3.05, 3.63) is 118 Å². The molecule has 4 nitrogen and oxygen atoms in total. The molecule has 1 unspecified atom stereocenters. The van der Waals surface area contributed by atoms with Crippen LogP contribution in [0, 0.1) is 6.92 Å². The lowest BCUT2D eigenvalue weighted by Gasteiger charge is -2.37. The molecule has 0 N–H and O–H groups in total. The molecule has 2 amide bonds. The third-order valence-electron chi connectivity index (χ3n) is 6.66. The van der Waals surface area contributed by atoms with E-state index >= 15 is 0 Å². The molecule has 1 aliphatic rings. The topological polar surface area (TPSA) is 40.6 Å². The Morgan fingerprint density at radius 1 is 1.06 bits per heavy atom. The Bertz CT molecular complexity index is 1380. The van der Waals surface area contributed by atoms with E-state index in [1.165, 1.54) is 16.0 Å². The third kappa shape index (κ3) is 4.52. The van der Waals surface area contributed by atoms with E-state index in [0.717, 1.165) is 22.8 Å². The molecule has 35 heavy (non-hydrogen) atoms. The van der Waals surface area contributed by atoms with Crippen LogP contribution >= 0.6 is 11.3 Å². The van der Waals surface area contributed by atoms with Crippen molar-refractivity contribution < 1.29 is 9.59 Å². The fourth-order valence-electron chi connectivity index (χ4n) is 4.90. The van der Waals surface area contributed by atoms with Gasteiger partial charge >= 0.3 is 0 Å². The molecule has 5 heteroatoms. The first kappa shape index (κ1) is 23.1. The normalized spacial score (nSPS) is 15.0. The minimum absolute atomic E-state index is 0.00983. The summed E-state index contributed by atoms with van der Waals surface area (Å²) in [5.41, 5.74) is 4.07. The Labute approximate surface area is 210 Å². The first-order valence-electron chi connectivity index (χ1n) is 11.9. The van der Waals surface area contributed by atoms with Crippen LogP contribution in [0.25, 0.3) is 10.8 Å². The second kappa shape index (κ2) is 9.88. The van der Waals surface area contributed by atoms with Crippen LogP contribution in [0.5, 0.6) is 0 Å². The van der Waals surface area contributed by atoms with E-state index in [2.05, 4.69) is 49.2 Å². The largest absolute Gasteiger partial charge is 0.330 e. The van der Waals surface area contributed by atoms with Gasteiger partial charge in [0.1, 0.15) is 6.54 Å². The lowest BCUT2D eigenvalue weighted by atomic mass is 9.92. The zero-order chi connectivity index (χ0) is 24.4. The van der Waals surface area contributed by atoms with Crippen molar-refractivity contribution in [3.8, 4) is 0 Å². The Morgan fingerprint density at radius 3 is 2.63 bits per heavy atom. The molecule has 2 heterocycles. The molecule has 0 bridgehead atoms. The van der Waals surface area contributed by atoms with E-state index in [9.17, 15) is 9.59 Å². The highest BCUT2D eigenvalue weighted by molar-refractivity contribution is 7.10. The highest BCUT2D eigenvalue weighted by atomic mass is 32.1. The van der Waals surface area contributed by atoms with Gasteiger partial charge in [-0.05, 0) is 52.8 Å². The number of aryl methyl sites for hydroxylation is 1. The van der Waals surface area contributed by atoms with Gasteiger partial charge in [0.05, 0.1) is 6.04 Å². The zero-order valence-electron chi connectivity index (χ0n) is 19.8. The summed E-state index contributed by atoms with van der Waals surface area (Å²) < 4.78 is 0. The van der Waals surface area contributed by atoms with Gasteiger partial charge < -0.3 is 9.80 Å². The van der Waals surface area contributed by atoms with Gasteiger partial charge in [-0.2, -0.15) is 0 Å². The van der Waals surface area contributed by atoms with Crippen molar-refractivity contribution in [2.24, 2.45) is 0 Å². The number of carbonyl (C=O) groups excluding carboxylic acids is 2. The van der Waals surface area contributed by atoms with Crippen molar-refractivity contribution in [3.63, 3.8) is 0 Å². The predicted octanol–water partition coefficient (Wildman–Crippen LogP) is 6.01. The van der Waals surface area contributed by atoms with Gasteiger partial charge in [0.15, 0.2) is 0 Å². The van der Waals surface area contributed by atoms with E-state index in [1.54, 1.807) is 22.3 Å². The SMILES string of the molecule is C=CCN(CC(=O)N1CCc2sccc2C1c1ccc(C)cc1)C(=O)c1cccc2ccccc12. The van der Waals surface area contributed by atoms with Crippen LogP contribution in [0.15, 0.2) is 90.8 Å². The number of carbonyl (C=O) groups is 2. The van der Waals surface area contributed by atoms with Crippen molar-refractivity contribution >= 4 is 33.9 Å².